The molecule has 0 heterocycles. The van der Waals surface area contributed by atoms with Gasteiger partial charge in [-0.05, 0) is 38.1 Å². The summed E-state index contributed by atoms with van der Waals surface area (Å²) in [6, 6.07) is 9.15. The van der Waals surface area contributed by atoms with Gasteiger partial charge in [-0.15, -0.1) is 0 Å². The van der Waals surface area contributed by atoms with Crippen LogP contribution in [0.25, 0.3) is 0 Å². The van der Waals surface area contributed by atoms with Crippen molar-refractivity contribution in [1.82, 2.24) is 0 Å². The first-order chi connectivity index (χ1) is 13.8. The van der Waals surface area contributed by atoms with Crippen molar-refractivity contribution in [1.29, 1.82) is 0 Å². The van der Waals surface area contributed by atoms with Crippen molar-refractivity contribution in [3.63, 3.8) is 0 Å². The fourth-order valence-corrected chi connectivity index (χ4v) is 5.63. The fraction of sp³-hybridized carbons (Fsp3) is 0.222. The number of hydrogen-bond acceptors (Lipinski definition) is 8. The lowest BCUT2D eigenvalue weighted by Crippen LogP contribution is -2.61. The van der Waals surface area contributed by atoms with Gasteiger partial charge in [0, 0.05) is 0 Å². The molecule has 30 heavy (non-hydrogen) atoms. The van der Waals surface area contributed by atoms with Crippen LogP contribution in [0.2, 0.25) is 0 Å². The van der Waals surface area contributed by atoms with Crippen LogP contribution in [0.1, 0.15) is 11.1 Å². The van der Waals surface area contributed by atoms with Gasteiger partial charge >= 0.3 is 16.9 Å². The quantitative estimate of drug-likeness (QED) is 0.478. The molecule has 12 heteroatoms. The molecule has 0 amide bonds. The predicted octanol–water partition coefficient (Wildman–Crippen LogP) is 0.709. The molecule has 0 aliphatic heterocycles. The third kappa shape index (κ3) is 4.07. The van der Waals surface area contributed by atoms with Gasteiger partial charge in [-0.2, -0.15) is 8.42 Å². The third-order valence-electron chi connectivity index (χ3n) is 4.17. The minimum Gasteiger partial charge on any atom is -0.479 e. The van der Waals surface area contributed by atoms with Crippen LogP contribution >= 0.6 is 0 Å². The molecule has 0 saturated heterocycles. The SMILES string of the molecule is Cc1ccc(S(=O)(=O)O[C@@](C(=O)O)([C@@H](O)C(=O)O)S(=O)(=O)c2ccc(C)cc2)cc1. The summed E-state index contributed by atoms with van der Waals surface area (Å²) in [6.45, 7) is 3.24. The van der Waals surface area contributed by atoms with Gasteiger partial charge in [0.1, 0.15) is 0 Å². The number of aliphatic carboxylic acids is 2. The number of carbonyl (C=O) groups is 2. The zero-order valence-corrected chi connectivity index (χ0v) is 17.3. The summed E-state index contributed by atoms with van der Waals surface area (Å²) in [7, 11) is -10.5. The van der Waals surface area contributed by atoms with E-state index in [1.807, 2.05) is 0 Å². The largest absolute Gasteiger partial charge is 0.479 e. The Balaban J connectivity index is 2.79. The molecule has 2 aromatic rings. The van der Waals surface area contributed by atoms with Gasteiger partial charge in [0.05, 0.1) is 9.79 Å². The van der Waals surface area contributed by atoms with Crippen LogP contribution in [0, 0.1) is 13.8 Å². The highest BCUT2D eigenvalue weighted by Crippen LogP contribution is 2.35. The number of carboxylic acids is 2. The molecule has 10 nitrogen and oxygen atoms in total. The Morgan fingerprint density at radius 3 is 1.60 bits per heavy atom. The first-order valence-corrected chi connectivity index (χ1v) is 11.1. The number of aryl methyl sites for hydroxylation is 2. The molecule has 2 atom stereocenters. The molecule has 0 saturated carbocycles. The van der Waals surface area contributed by atoms with Gasteiger partial charge in [0.2, 0.25) is 15.9 Å². The molecule has 0 fully saturated rings. The molecule has 0 aliphatic rings. The second-order valence-corrected chi connectivity index (χ2v) is 10.0. The van der Waals surface area contributed by atoms with Crippen molar-refractivity contribution in [2.45, 2.75) is 34.7 Å². The zero-order chi connectivity index (χ0) is 22.9. The maximum absolute atomic E-state index is 13.1. The molecule has 0 bridgehead atoms. The zero-order valence-electron chi connectivity index (χ0n) is 15.7. The van der Waals surface area contributed by atoms with Crippen LogP contribution in [-0.4, -0.2) is 55.1 Å². The summed E-state index contributed by atoms with van der Waals surface area (Å²) < 4.78 is 56.1. The number of carboxylic acid groups (broad SMARTS) is 2. The van der Waals surface area contributed by atoms with Gasteiger partial charge in [0.15, 0.2) is 0 Å². The van der Waals surface area contributed by atoms with E-state index in [4.69, 9.17) is 0 Å². The third-order valence-corrected chi connectivity index (χ3v) is 7.78. The number of aliphatic hydroxyl groups is 1. The van der Waals surface area contributed by atoms with Crippen molar-refractivity contribution >= 4 is 31.9 Å². The van der Waals surface area contributed by atoms with Crippen molar-refractivity contribution in [3.8, 4) is 0 Å². The highest BCUT2D eigenvalue weighted by molar-refractivity contribution is 7.94. The van der Waals surface area contributed by atoms with E-state index >= 15 is 0 Å². The van der Waals surface area contributed by atoms with E-state index in [9.17, 15) is 41.7 Å². The summed E-state index contributed by atoms with van der Waals surface area (Å²) >= 11 is 0. The van der Waals surface area contributed by atoms with Crippen molar-refractivity contribution in [2.75, 3.05) is 0 Å². The molecule has 2 rings (SSSR count). The molecule has 0 spiro atoms. The molecule has 0 aliphatic carbocycles. The van der Waals surface area contributed by atoms with E-state index in [1.165, 1.54) is 24.3 Å². The topological polar surface area (TPSA) is 172 Å². The van der Waals surface area contributed by atoms with Crippen LogP contribution in [0.3, 0.4) is 0 Å². The standard InChI is InChI=1S/C18H18O10S2/c1-11-3-7-13(8-4-11)29(24,25)18(17(22)23,15(19)16(20)21)28-30(26,27)14-9-5-12(2)6-10-14/h3-10,15,19H,1-2H3,(H,20,21)(H,22,23)/t15-,18-/m0/s1. The highest BCUT2D eigenvalue weighted by atomic mass is 32.2. The first kappa shape index (κ1) is 23.5. The Morgan fingerprint density at radius 1 is 0.833 bits per heavy atom. The van der Waals surface area contributed by atoms with E-state index in [2.05, 4.69) is 4.18 Å². The lowest BCUT2D eigenvalue weighted by molar-refractivity contribution is -0.167. The summed E-state index contributed by atoms with van der Waals surface area (Å²) in [6.07, 6.45) is -3.28. The first-order valence-electron chi connectivity index (χ1n) is 8.23. The van der Waals surface area contributed by atoms with E-state index in [0.717, 1.165) is 24.3 Å². The average Bonchev–Trinajstić information content (AvgIpc) is 2.65. The van der Waals surface area contributed by atoms with Gasteiger partial charge < -0.3 is 15.3 Å². The Morgan fingerprint density at radius 2 is 1.23 bits per heavy atom. The van der Waals surface area contributed by atoms with E-state index in [-0.39, 0.29) is 0 Å². The van der Waals surface area contributed by atoms with Crippen LogP contribution < -0.4 is 0 Å². The van der Waals surface area contributed by atoms with Crippen LogP contribution in [0.4, 0.5) is 0 Å². The monoisotopic (exact) mass is 458 g/mol. The Hall–Kier alpha value is -2.80. The molecule has 0 unspecified atom stereocenters. The molecular formula is C18H18O10S2. The second-order valence-electron chi connectivity index (χ2n) is 6.38. The lowest BCUT2D eigenvalue weighted by Gasteiger charge is -2.30. The predicted molar refractivity (Wildman–Crippen MR) is 102 cm³/mol. The maximum Gasteiger partial charge on any atom is 0.357 e. The molecule has 0 aromatic heterocycles. The van der Waals surface area contributed by atoms with Crippen molar-refractivity contribution in [2.24, 2.45) is 0 Å². The van der Waals surface area contributed by atoms with Crippen molar-refractivity contribution in [3.05, 3.63) is 59.7 Å². The fourth-order valence-electron chi connectivity index (χ4n) is 2.48. The van der Waals surface area contributed by atoms with Gasteiger partial charge in [-0.25, -0.2) is 22.2 Å². The average molecular weight is 458 g/mol. The van der Waals surface area contributed by atoms with E-state index < -0.39 is 52.7 Å². The van der Waals surface area contributed by atoms with Crippen LogP contribution in [-0.2, 0) is 33.7 Å². The maximum atomic E-state index is 13.1. The number of hydrogen-bond donors (Lipinski definition) is 3. The molecule has 162 valence electrons. The van der Waals surface area contributed by atoms with Crippen LogP contribution in [0.15, 0.2) is 58.3 Å². The van der Waals surface area contributed by atoms with Crippen LogP contribution in [0.5, 0.6) is 0 Å². The molecular weight excluding hydrogens is 440 g/mol. The van der Waals surface area contributed by atoms with Crippen molar-refractivity contribution < 1.29 is 45.9 Å². The lowest BCUT2D eigenvalue weighted by atomic mass is 10.2. The number of sulfone groups is 1. The molecule has 0 radical (unpaired) electrons. The highest BCUT2D eigenvalue weighted by Gasteiger charge is 2.64. The van der Waals surface area contributed by atoms with Gasteiger partial charge in [-0.1, -0.05) is 35.4 Å². The molecule has 2 aromatic carbocycles. The normalized spacial score (nSPS) is 15.2. The minimum atomic E-state index is -5.40. The Labute approximate surface area is 172 Å². The number of rotatable bonds is 8. The second kappa shape index (κ2) is 8.14. The smallest absolute Gasteiger partial charge is 0.357 e. The Bertz CT molecular complexity index is 1170. The summed E-state index contributed by atoms with van der Waals surface area (Å²) in [4.78, 5) is 18.0. The van der Waals surface area contributed by atoms with E-state index in [0.29, 0.717) is 11.1 Å². The van der Waals surface area contributed by atoms with Gasteiger partial charge in [0.25, 0.3) is 10.1 Å². The minimum absolute atomic E-state index is 0.585. The summed E-state index contributed by atoms with van der Waals surface area (Å²) in [5, 5.41) is 28.9. The summed E-state index contributed by atoms with van der Waals surface area (Å²) in [5.41, 5.74) is 1.22. The molecule has 3 N–H and O–H groups in total. The summed E-state index contributed by atoms with van der Waals surface area (Å²) in [5.74, 6) is -4.83. The van der Waals surface area contributed by atoms with E-state index in [1.54, 1.807) is 13.8 Å². The Kier molecular flexibility index (Phi) is 6.37. The number of aliphatic hydroxyl groups excluding tert-OH is 1. The van der Waals surface area contributed by atoms with Gasteiger partial charge in [-0.3, -0.25) is 0 Å². The number of benzene rings is 2.